The van der Waals surface area contributed by atoms with Gasteiger partial charge in [-0.1, -0.05) is 11.6 Å². The highest BCUT2D eigenvalue weighted by Crippen LogP contribution is 2.29. The third kappa shape index (κ3) is 3.24. The molecule has 3 rings (SSSR count). The molecule has 0 saturated heterocycles. The third-order valence-electron chi connectivity index (χ3n) is 3.07. The van der Waals surface area contributed by atoms with Crippen LogP contribution in [0.3, 0.4) is 0 Å². The van der Waals surface area contributed by atoms with Crippen LogP contribution in [-0.2, 0) is 7.05 Å². The zero-order valence-electron chi connectivity index (χ0n) is 12.3. The minimum Gasteiger partial charge on any atom is -0.495 e. The molecule has 1 radical (unpaired) electrons. The Bertz CT molecular complexity index is 852. The van der Waals surface area contributed by atoms with Crippen molar-refractivity contribution in [3.05, 3.63) is 47.6 Å². The molecule has 1 N–H and O–H groups in total. The number of halogens is 2. The largest absolute Gasteiger partial charge is 0.495 e. The van der Waals surface area contributed by atoms with Crippen molar-refractivity contribution in [2.45, 2.75) is 0 Å². The summed E-state index contributed by atoms with van der Waals surface area (Å²) >= 11 is 6.15. The van der Waals surface area contributed by atoms with Gasteiger partial charge in [-0.15, -0.1) is 0 Å². The molecule has 2 aromatic heterocycles. The van der Waals surface area contributed by atoms with Gasteiger partial charge in [0.05, 0.1) is 35.9 Å². The number of methoxy groups -OCH3 is 1. The van der Waals surface area contributed by atoms with Crippen molar-refractivity contribution in [1.82, 2.24) is 19.7 Å². The van der Waals surface area contributed by atoms with Crippen LogP contribution in [0.5, 0.6) is 5.75 Å². The molecule has 0 aliphatic carbocycles. The van der Waals surface area contributed by atoms with Gasteiger partial charge in [0, 0.05) is 30.9 Å². The first-order valence-electron chi connectivity index (χ1n) is 6.60. The first-order valence-corrected chi connectivity index (χ1v) is 6.98. The number of nitrogens with one attached hydrogen (secondary N) is 1. The highest BCUT2D eigenvalue weighted by atomic mass is 35.5. The maximum Gasteiger partial charge on any atom is 0.227 e. The zero-order chi connectivity index (χ0) is 16.4. The number of nitrogens with zero attached hydrogens (tertiary/aromatic N) is 4. The monoisotopic (exact) mass is 332 g/mol. The normalized spacial score (nSPS) is 10.6. The Balaban J connectivity index is 1.97. The van der Waals surface area contributed by atoms with Gasteiger partial charge in [-0.2, -0.15) is 5.10 Å². The Labute approximate surface area is 136 Å². The quantitative estimate of drug-likeness (QED) is 0.794. The number of hydrogen-bond donors (Lipinski definition) is 1. The summed E-state index contributed by atoms with van der Waals surface area (Å²) in [5.74, 6) is 0.166. The van der Waals surface area contributed by atoms with Crippen molar-refractivity contribution in [3.63, 3.8) is 0 Å². The van der Waals surface area contributed by atoms with Crippen molar-refractivity contribution in [2.75, 3.05) is 12.4 Å². The summed E-state index contributed by atoms with van der Waals surface area (Å²) in [5.41, 5.74) is 1.67. The molecule has 0 saturated carbocycles. The van der Waals surface area contributed by atoms with Crippen LogP contribution < -0.4 is 10.1 Å². The summed E-state index contributed by atoms with van der Waals surface area (Å²) in [5, 5.41) is 7.40. The second-order valence-electron chi connectivity index (χ2n) is 4.68. The van der Waals surface area contributed by atoms with E-state index in [2.05, 4.69) is 26.4 Å². The van der Waals surface area contributed by atoms with E-state index in [1.54, 1.807) is 24.1 Å². The predicted octanol–water partition coefficient (Wildman–Crippen LogP) is 3.22. The van der Waals surface area contributed by atoms with Crippen molar-refractivity contribution < 1.29 is 9.13 Å². The van der Waals surface area contributed by atoms with Gasteiger partial charge < -0.3 is 10.1 Å². The van der Waals surface area contributed by atoms with E-state index in [4.69, 9.17) is 16.3 Å². The number of anilines is 2. The minimum atomic E-state index is -0.519. The van der Waals surface area contributed by atoms with Crippen LogP contribution in [0.1, 0.15) is 0 Å². The van der Waals surface area contributed by atoms with E-state index in [0.717, 1.165) is 5.56 Å². The van der Waals surface area contributed by atoms with Crippen LogP contribution in [0.2, 0.25) is 5.02 Å². The van der Waals surface area contributed by atoms with Gasteiger partial charge in [0.1, 0.15) is 11.6 Å². The SMILES string of the molecule is COc1c[c]c(F)cc1Nc1ncc(Cl)c(-c2cnn(C)c2)n1. The highest BCUT2D eigenvalue weighted by molar-refractivity contribution is 6.32. The van der Waals surface area contributed by atoms with Gasteiger partial charge in [-0.3, -0.25) is 4.68 Å². The number of aryl methyl sites for hydroxylation is 1. The van der Waals surface area contributed by atoms with Gasteiger partial charge >= 0.3 is 0 Å². The summed E-state index contributed by atoms with van der Waals surface area (Å²) in [6.45, 7) is 0. The molecule has 1 aromatic carbocycles. The fourth-order valence-corrected chi connectivity index (χ4v) is 2.21. The lowest BCUT2D eigenvalue weighted by Crippen LogP contribution is -2.01. The molecule has 23 heavy (non-hydrogen) atoms. The summed E-state index contributed by atoms with van der Waals surface area (Å²) < 4.78 is 20.2. The predicted molar refractivity (Wildman–Crippen MR) is 84.3 cm³/mol. The molecule has 6 nitrogen and oxygen atoms in total. The Hall–Kier alpha value is -2.67. The Morgan fingerprint density at radius 3 is 2.91 bits per heavy atom. The highest BCUT2D eigenvalue weighted by Gasteiger charge is 2.12. The van der Waals surface area contributed by atoms with Gasteiger partial charge in [-0.25, -0.2) is 14.4 Å². The molecule has 0 aliphatic heterocycles. The third-order valence-corrected chi connectivity index (χ3v) is 3.34. The standard InChI is InChI=1S/C15H12ClFN5O/c1-22-8-9(6-19-22)14-11(16)7-18-15(21-14)20-12-5-10(17)3-4-13(12)23-2/h4-8H,1-2H3,(H,18,20,21). The lowest BCUT2D eigenvalue weighted by atomic mass is 10.2. The topological polar surface area (TPSA) is 64.9 Å². The molecule has 8 heteroatoms. The van der Waals surface area contributed by atoms with E-state index in [1.807, 2.05) is 0 Å². The summed E-state index contributed by atoms with van der Waals surface area (Å²) in [6, 6.07) is 5.07. The summed E-state index contributed by atoms with van der Waals surface area (Å²) in [4.78, 5) is 8.46. The number of hydrogen-bond acceptors (Lipinski definition) is 5. The first-order chi connectivity index (χ1) is 11.1. The molecular formula is C15H12ClFN5O. The molecule has 0 aliphatic rings. The van der Waals surface area contributed by atoms with Gasteiger partial charge in [0.15, 0.2) is 0 Å². The first kappa shape index (κ1) is 15.2. The molecule has 0 bridgehead atoms. The Kier molecular flexibility index (Phi) is 4.12. The molecule has 0 amide bonds. The molecule has 3 aromatic rings. The van der Waals surface area contributed by atoms with Crippen LogP contribution in [0.15, 0.2) is 30.7 Å². The van der Waals surface area contributed by atoms with E-state index in [0.29, 0.717) is 22.2 Å². The Morgan fingerprint density at radius 1 is 1.39 bits per heavy atom. The number of rotatable bonds is 4. The van der Waals surface area contributed by atoms with Gasteiger partial charge in [0.2, 0.25) is 5.95 Å². The number of benzene rings is 1. The van der Waals surface area contributed by atoms with Crippen LogP contribution in [0.25, 0.3) is 11.3 Å². The Morgan fingerprint density at radius 2 is 2.22 bits per heavy atom. The van der Waals surface area contributed by atoms with Crippen molar-refractivity contribution in [2.24, 2.45) is 7.05 Å². The minimum absolute atomic E-state index is 0.261. The smallest absolute Gasteiger partial charge is 0.227 e. The van der Waals surface area contributed by atoms with Crippen molar-refractivity contribution >= 4 is 23.2 Å². The zero-order valence-corrected chi connectivity index (χ0v) is 13.1. The summed E-state index contributed by atoms with van der Waals surface area (Å²) in [6.07, 6.45) is 4.91. The van der Waals surface area contributed by atoms with Crippen molar-refractivity contribution in [1.29, 1.82) is 0 Å². The molecule has 117 valence electrons. The van der Waals surface area contributed by atoms with E-state index < -0.39 is 5.82 Å². The number of aromatic nitrogens is 4. The van der Waals surface area contributed by atoms with E-state index >= 15 is 0 Å². The summed E-state index contributed by atoms with van der Waals surface area (Å²) in [7, 11) is 3.28. The fraction of sp³-hybridized carbons (Fsp3) is 0.133. The van der Waals surface area contributed by atoms with Gasteiger partial charge in [0.25, 0.3) is 0 Å². The van der Waals surface area contributed by atoms with Crippen LogP contribution >= 0.6 is 11.6 Å². The maximum atomic E-state index is 13.4. The maximum absolute atomic E-state index is 13.4. The van der Waals surface area contributed by atoms with Crippen LogP contribution in [0, 0.1) is 11.9 Å². The molecule has 0 fully saturated rings. The fourth-order valence-electron chi connectivity index (χ4n) is 2.01. The van der Waals surface area contributed by atoms with Gasteiger partial charge in [-0.05, 0) is 6.07 Å². The molecule has 2 heterocycles. The van der Waals surface area contributed by atoms with E-state index in [-0.39, 0.29) is 5.95 Å². The molecule has 0 unspecified atom stereocenters. The number of ether oxygens (including phenoxy) is 1. The molecule has 0 atom stereocenters. The average Bonchev–Trinajstić information content (AvgIpc) is 2.96. The van der Waals surface area contributed by atoms with E-state index in [1.165, 1.54) is 25.4 Å². The van der Waals surface area contributed by atoms with Crippen LogP contribution in [0.4, 0.5) is 16.0 Å². The molecule has 0 spiro atoms. The van der Waals surface area contributed by atoms with Crippen LogP contribution in [-0.4, -0.2) is 26.9 Å². The molecular weight excluding hydrogens is 321 g/mol. The average molecular weight is 333 g/mol. The second-order valence-corrected chi connectivity index (χ2v) is 5.09. The lowest BCUT2D eigenvalue weighted by molar-refractivity contribution is 0.415. The van der Waals surface area contributed by atoms with Crippen molar-refractivity contribution in [3.8, 4) is 17.0 Å². The van der Waals surface area contributed by atoms with E-state index in [9.17, 15) is 4.39 Å². The lowest BCUT2D eigenvalue weighted by Gasteiger charge is -2.10. The second kappa shape index (κ2) is 6.21.